The lowest BCUT2D eigenvalue weighted by Crippen LogP contribution is -2.48. The van der Waals surface area contributed by atoms with Crippen LogP contribution in [0.1, 0.15) is 10.6 Å². The summed E-state index contributed by atoms with van der Waals surface area (Å²) in [7, 11) is 1.64. The van der Waals surface area contributed by atoms with Crippen molar-refractivity contribution in [3.05, 3.63) is 34.8 Å². The molecule has 2 aromatic rings. The number of rotatable bonds is 5. The Morgan fingerprint density at radius 1 is 1.32 bits per heavy atom. The van der Waals surface area contributed by atoms with E-state index in [1.165, 1.54) is 0 Å². The molecule has 1 aromatic carbocycles. The fraction of sp³-hybridized carbons (Fsp3) is 0.389. The molecule has 0 N–H and O–H groups in total. The molecule has 25 heavy (non-hydrogen) atoms. The minimum Gasteiger partial charge on any atom is -0.497 e. The molecule has 0 saturated carbocycles. The molecule has 7 heteroatoms. The van der Waals surface area contributed by atoms with Crippen LogP contribution in [0.3, 0.4) is 0 Å². The Hall–Kier alpha value is -2.41. The van der Waals surface area contributed by atoms with Gasteiger partial charge >= 0.3 is 0 Å². The minimum atomic E-state index is 0.0921. The van der Waals surface area contributed by atoms with Crippen molar-refractivity contribution in [2.75, 3.05) is 33.3 Å². The van der Waals surface area contributed by atoms with Crippen molar-refractivity contribution in [3.8, 4) is 16.3 Å². The summed E-state index contributed by atoms with van der Waals surface area (Å²) in [4.78, 5) is 32.4. The summed E-state index contributed by atoms with van der Waals surface area (Å²) < 4.78 is 5.26. The SMILES string of the molecule is COc1cccc(-c2nc(C)c(CC(=O)N3CCN(C=O)CC3)s2)c1. The zero-order chi connectivity index (χ0) is 17.8. The van der Waals surface area contributed by atoms with E-state index in [1.807, 2.05) is 36.1 Å². The Bertz CT molecular complexity index is 767. The van der Waals surface area contributed by atoms with Gasteiger partial charge in [0.1, 0.15) is 10.8 Å². The molecule has 0 radical (unpaired) electrons. The lowest BCUT2D eigenvalue weighted by atomic mass is 10.2. The van der Waals surface area contributed by atoms with Crippen LogP contribution in [0.15, 0.2) is 24.3 Å². The standard InChI is InChI=1S/C18H21N3O3S/c1-13-16(11-17(23)21-8-6-20(12-22)7-9-21)25-18(19-13)14-4-3-5-15(10-14)24-2/h3-5,10,12H,6-9,11H2,1-2H3. The lowest BCUT2D eigenvalue weighted by Gasteiger charge is -2.32. The van der Waals surface area contributed by atoms with Crippen molar-refractivity contribution in [1.82, 2.24) is 14.8 Å². The third kappa shape index (κ3) is 3.99. The Balaban J connectivity index is 1.70. The van der Waals surface area contributed by atoms with Crippen LogP contribution in [0, 0.1) is 6.92 Å². The number of aryl methyl sites for hydroxylation is 1. The first kappa shape index (κ1) is 17.4. The van der Waals surface area contributed by atoms with Gasteiger partial charge in [-0.15, -0.1) is 11.3 Å². The summed E-state index contributed by atoms with van der Waals surface area (Å²) in [5, 5.41) is 0.893. The van der Waals surface area contributed by atoms with Gasteiger partial charge in [-0.1, -0.05) is 12.1 Å². The third-order valence-corrected chi connectivity index (χ3v) is 5.54. The summed E-state index contributed by atoms with van der Waals surface area (Å²) in [6, 6.07) is 7.77. The van der Waals surface area contributed by atoms with Crippen molar-refractivity contribution >= 4 is 23.7 Å². The number of aromatic nitrogens is 1. The van der Waals surface area contributed by atoms with E-state index in [0.717, 1.165) is 33.3 Å². The van der Waals surface area contributed by atoms with E-state index in [9.17, 15) is 9.59 Å². The summed E-state index contributed by atoms with van der Waals surface area (Å²) in [5.41, 5.74) is 1.88. The first-order valence-electron chi connectivity index (χ1n) is 8.18. The number of hydrogen-bond acceptors (Lipinski definition) is 5. The topological polar surface area (TPSA) is 62.7 Å². The number of benzene rings is 1. The van der Waals surface area contributed by atoms with Crippen LogP contribution < -0.4 is 4.74 Å². The second-order valence-electron chi connectivity index (χ2n) is 5.96. The quantitative estimate of drug-likeness (QED) is 0.766. The van der Waals surface area contributed by atoms with E-state index < -0.39 is 0 Å². The smallest absolute Gasteiger partial charge is 0.228 e. The van der Waals surface area contributed by atoms with Crippen molar-refractivity contribution in [3.63, 3.8) is 0 Å². The average Bonchev–Trinajstić information content (AvgIpc) is 3.02. The van der Waals surface area contributed by atoms with Gasteiger partial charge in [0.2, 0.25) is 12.3 Å². The van der Waals surface area contributed by atoms with E-state index in [1.54, 1.807) is 23.3 Å². The lowest BCUT2D eigenvalue weighted by molar-refractivity contribution is -0.134. The van der Waals surface area contributed by atoms with Crippen molar-refractivity contribution in [2.24, 2.45) is 0 Å². The Morgan fingerprint density at radius 2 is 2.08 bits per heavy atom. The number of thiazole rings is 1. The Kier molecular flexibility index (Phi) is 5.33. The van der Waals surface area contributed by atoms with Crippen molar-refractivity contribution < 1.29 is 14.3 Å². The number of piperazine rings is 1. The fourth-order valence-electron chi connectivity index (χ4n) is 2.80. The monoisotopic (exact) mass is 359 g/mol. The van der Waals surface area contributed by atoms with Gasteiger partial charge in [-0.3, -0.25) is 9.59 Å². The van der Waals surface area contributed by atoms with Crippen LogP contribution in [-0.2, 0) is 16.0 Å². The van der Waals surface area contributed by atoms with Crippen LogP contribution in [0.4, 0.5) is 0 Å². The number of carbonyl (C=O) groups is 2. The maximum atomic E-state index is 12.5. The number of carbonyl (C=O) groups excluding carboxylic acids is 2. The van der Waals surface area contributed by atoms with Gasteiger partial charge in [0.15, 0.2) is 0 Å². The van der Waals surface area contributed by atoms with Gasteiger partial charge in [0.25, 0.3) is 0 Å². The predicted octanol–water partition coefficient (Wildman–Crippen LogP) is 1.97. The Labute approximate surface area is 151 Å². The van der Waals surface area contributed by atoms with Crippen LogP contribution in [0.2, 0.25) is 0 Å². The number of ether oxygens (including phenoxy) is 1. The largest absolute Gasteiger partial charge is 0.497 e. The van der Waals surface area contributed by atoms with Crippen LogP contribution in [-0.4, -0.2) is 60.4 Å². The molecule has 0 spiro atoms. The molecule has 0 aliphatic carbocycles. The van der Waals surface area contributed by atoms with Crippen molar-refractivity contribution in [2.45, 2.75) is 13.3 Å². The van der Waals surface area contributed by atoms with Crippen LogP contribution in [0.25, 0.3) is 10.6 Å². The molecule has 1 aliphatic rings. The molecular weight excluding hydrogens is 338 g/mol. The van der Waals surface area contributed by atoms with E-state index >= 15 is 0 Å². The molecule has 1 aliphatic heterocycles. The summed E-state index contributed by atoms with van der Waals surface area (Å²) in [6.07, 6.45) is 1.20. The van der Waals surface area contributed by atoms with Gasteiger partial charge in [-0.05, 0) is 19.1 Å². The van der Waals surface area contributed by atoms with Gasteiger partial charge in [0.05, 0.1) is 19.2 Å². The van der Waals surface area contributed by atoms with E-state index in [4.69, 9.17) is 4.74 Å². The zero-order valence-electron chi connectivity index (χ0n) is 14.4. The molecule has 2 amide bonds. The normalized spacial score (nSPS) is 14.5. The summed E-state index contributed by atoms with van der Waals surface area (Å²) >= 11 is 1.55. The van der Waals surface area contributed by atoms with E-state index in [0.29, 0.717) is 32.6 Å². The minimum absolute atomic E-state index is 0.0921. The van der Waals surface area contributed by atoms with E-state index in [-0.39, 0.29) is 5.91 Å². The van der Waals surface area contributed by atoms with Gasteiger partial charge < -0.3 is 14.5 Å². The fourth-order valence-corrected chi connectivity index (χ4v) is 3.85. The van der Waals surface area contributed by atoms with E-state index in [2.05, 4.69) is 4.98 Å². The molecule has 2 heterocycles. The summed E-state index contributed by atoms with van der Waals surface area (Å²) in [6.45, 7) is 4.33. The molecule has 1 saturated heterocycles. The van der Waals surface area contributed by atoms with Crippen LogP contribution in [0.5, 0.6) is 5.75 Å². The number of nitrogens with zero attached hydrogens (tertiary/aromatic N) is 3. The average molecular weight is 359 g/mol. The highest BCUT2D eigenvalue weighted by Gasteiger charge is 2.22. The molecule has 0 unspecified atom stereocenters. The molecular formula is C18H21N3O3S. The first-order chi connectivity index (χ1) is 12.1. The molecule has 1 aromatic heterocycles. The van der Waals surface area contributed by atoms with Gasteiger partial charge in [0, 0.05) is 36.6 Å². The highest BCUT2D eigenvalue weighted by molar-refractivity contribution is 7.15. The first-order valence-corrected chi connectivity index (χ1v) is 9.00. The van der Waals surface area contributed by atoms with Gasteiger partial charge in [-0.2, -0.15) is 0 Å². The maximum Gasteiger partial charge on any atom is 0.228 e. The molecule has 1 fully saturated rings. The molecule has 6 nitrogen and oxygen atoms in total. The van der Waals surface area contributed by atoms with Crippen LogP contribution >= 0.6 is 11.3 Å². The second-order valence-corrected chi connectivity index (χ2v) is 7.04. The van der Waals surface area contributed by atoms with Gasteiger partial charge in [-0.25, -0.2) is 4.98 Å². The number of hydrogen-bond donors (Lipinski definition) is 0. The molecule has 0 bridgehead atoms. The third-order valence-electron chi connectivity index (χ3n) is 4.34. The van der Waals surface area contributed by atoms with Crippen molar-refractivity contribution in [1.29, 1.82) is 0 Å². The highest BCUT2D eigenvalue weighted by Crippen LogP contribution is 2.30. The number of methoxy groups -OCH3 is 1. The highest BCUT2D eigenvalue weighted by atomic mass is 32.1. The second kappa shape index (κ2) is 7.65. The Morgan fingerprint density at radius 3 is 2.76 bits per heavy atom. The molecule has 0 atom stereocenters. The molecule has 3 rings (SSSR count). The predicted molar refractivity (Wildman–Crippen MR) is 96.8 cm³/mol. The number of amides is 2. The molecule has 132 valence electrons. The summed E-state index contributed by atoms with van der Waals surface area (Å²) in [5.74, 6) is 0.880. The zero-order valence-corrected chi connectivity index (χ0v) is 15.2. The maximum absolute atomic E-state index is 12.5.